The Kier molecular flexibility index (Phi) is 2.84. The number of hydrogen-bond donors (Lipinski definition) is 0. The first-order chi connectivity index (χ1) is 6.16. The molecule has 0 atom stereocenters. The number of Topliss-reactive ketones (excluding diaryl/α,β-unsaturated/α-hetero) is 1. The lowest BCUT2D eigenvalue weighted by atomic mass is 10.1. The van der Waals surface area contributed by atoms with Gasteiger partial charge in [-0.1, -0.05) is 0 Å². The molecule has 0 aromatic carbocycles. The molecule has 0 radical (unpaired) electrons. The van der Waals surface area contributed by atoms with E-state index in [-0.39, 0.29) is 5.78 Å². The average molecular weight is 177 g/mol. The highest BCUT2D eigenvalue weighted by molar-refractivity contribution is 6.01. The molecule has 0 amide bonds. The summed E-state index contributed by atoms with van der Waals surface area (Å²) in [6, 6.07) is 0. The van der Waals surface area contributed by atoms with Gasteiger partial charge in [0.25, 0.3) is 0 Å². The van der Waals surface area contributed by atoms with E-state index >= 15 is 0 Å². The summed E-state index contributed by atoms with van der Waals surface area (Å²) in [5.41, 5.74) is 1.90. The van der Waals surface area contributed by atoms with Crippen LogP contribution in [0.1, 0.15) is 28.7 Å². The molecule has 0 unspecified atom stereocenters. The number of hydrogen-bond acceptors (Lipinski definition) is 4. The third-order valence-corrected chi connectivity index (χ3v) is 1.67. The van der Waals surface area contributed by atoms with Gasteiger partial charge in [-0.3, -0.25) is 9.79 Å². The predicted molar refractivity (Wildman–Crippen MR) is 50.3 cm³/mol. The SMILES string of the molecule is CN=Cc1c(C)ncnc1C(C)=O. The van der Waals surface area contributed by atoms with Gasteiger partial charge < -0.3 is 0 Å². The van der Waals surface area contributed by atoms with Crippen LogP contribution in [0.4, 0.5) is 0 Å². The zero-order chi connectivity index (χ0) is 9.84. The van der Waals surface area contributed by atoms with E-state index in [1.54, 1.807) is 13.3 Å². The minimum atomic E-state index is -0.0691. The molecule has 0 saturated heterocycles. The van der Waals surface area contributed by atoms with Gasteiger partial charge in [-0.2, -0.15) is 0 Å². The second-order valence-electron chi connectivity index (χ2n) is 2.66. The summed E-state index contributed by atoms with van der Waals surface area (Å²) in [4.78, 5) is 22.9. The predicted octanol–water partition coefficient (Wildman–Crippen LogP) is 1.04. The fourth-order valence-corrected chi connectivity index (χ4v) is 1.05. The van der Waals surface area contributed by atoms with Gasteiger partial charge in [0.15, 0.2) is 5.78 Å². The van der Waals surface area contributed by atoms with E-state index < -0.39 is 0 Å². The molecule has 68 valence electrons. The third-order valence-electron chi connectivity index (χ3n) is 1.67. The Hall–Kier alpha value is -1.58. The van der Waals surface area contributed by atoms with Crippen molar-refractivity contribution in [3.8, 4) is 0 Å². The zero-order valence-electron chi connectivity index (χ0n) is 7.90. The van der Waals surface area contributed by atoms with Gasteiger partial charge in [-0.15, -0.1) is 0 Å². The molecule has 0 fully saturated rings. The topological polar surface area (TPSA) is 55.2 Å². The molecule has 1 aromatic rings. The fourth-order valence-electron chi connectivity index (χ4n) is 1.05. The highest BCUT2D eigenvalue weighted by Crippen LogP contribution is 2.06. The van der Waals surface area contributed by atoms with Crippen LogP contribution in [0.2, 0.25) is 0 Å². The highest BCUT2D eigenvalue weighted by Gasteiger charge is 2.09. The molecule has 0 saturated carbocycles. The maximum atomic E-state index is 11.1. The van der Waals surface area contributed by atoms with Crippen LogP contribution in [0.5, 0.6) is 0 Å². The molecule has 4 heteroatoms. The van der Waals surface area contributed by atoms with Crippen LogP contribution in [0.25, 0.3) is 0 Å². The molecule has 0 aliphatic carbocycles. The first-order valence-electron chi connectivity index (χ1n) is 3.91. The van der Waals surface area contributed by atoms with Crippen LogP contribution in [0.15, 0.2) is 11.3 Å². The van der Waals surface area contributed by atoms with Crippen molar-refractivity contribution in [1.82, 2.24) is 9.97 Å². The molecule has 0 aliphatic heterocycles. The van der Waals surface area contributed by atoms with Gasteiger partial charge in [0, 0.05) is 25.7 Å². The van der Waals surface area contributed by atoms with Crippen molar-refractivity contribution in [2.24, 2.45) is 4.99 Å². The molecule has 1 rings (SSSR count). The Balaban J connectivity index is 3.33. The van der Waals surface area contributed by atoms with Crippen LogP contribution in [-0.2, 0) is 0 Å². The first kappa shape index (κ1) is 9.51. The average Bonchev–Trinajstić information content (AvgIpc) is 2.08. The monoisotopic (exact) mass is 177 g/mol. The molecular formula is C9H11N3O. The second kappa shape index (κ2) is 3.89. The van der Waals surface area contributed by atoms with Crippen molar-refractivity contribution in [2.45, 2.75) is 13.8 Å². The molecule has 4 nitrogen and oxygen atoms in total. The Labute approximate surface area is 76.8 Å². The normalized spacial score (nSPS) is 10.7. The van der Waals surface area contributed by atoms with Gasteiger partial charge >= 0.3 is 0 Å². The van der Waals surface area contributed by atoms with Crippen molar-refractivity contribution >= 4 is 12.0 Å². The number of carbonyl (C=O) groups is 1. The molecule has 0 N–H and O–H groups in total. The van der Waals surface area contributed by atoms with Crippen molar-refractivity contribution in [2.75, 3.05) is 7.05 Å². The molecule has 1 heterocycles. The largest absolute Gasteiger partial charge is 0.296 e. The summed E-state index contributed by atoms with van der Waals surface area (Å²) in [6.07, 6.45) is 2.99. The summed E-state index contributed by atoms with van der Waals surface area (Å²) in [6.45, 7) is 3.31. The van der Waals surface area contributed by atoms with E-state index in [4.69, 9.17) is 0 Å². The number of aromatic nitrogens is 2. The third kappa shape index (κ3) is 1.96. The van der Waals surface area contributed by atoms with Crippen molar-refractivity contribution in [3.05, 3.63) is 23.3 Å². The lowest BCUT2D eigenvalue weighted by Crippen LogP contribution is -2.06. The minimum absolute atomic E-state index is 0.0691. The Morgan fingerprint density at radius 3 is 2.77 bits per heavy atom. The minimum Gasteiger partial charge on any atom is -0.296 e. The molecule has 0 spiro atoms. The van der Waals surface area contributed by atoms with E-state index in [2.05, 4.69) is 15.0 Å². The van der Waals surface area contributed by atoms with Gasteiger partial charge in [-0.05, 0) is 6.92 Å². The van der Waals surface area contributed by atoms with Crippen LogP contribution < -0.4 is 0 Å². The number of nitrogens with zero attached hydrogens (tertiary/aromatic N) is 3. The maximum absolute atomic E-state index is 11.1. The van der Waals surface area contributed by atoms with E-state index in [9.17, 15) is 4.79 Å². The lowest BCUT2D eigenvalue weighted by Gasteiger charge is -2.02. The molecular weight excluding hydrogens is 166 g/mol. The number of carbonyl (C=O) groups excluding carboxylic acids is 1. The van der Waals surface area contributed by atoms with Gasteiger partial charge in [0.2, 0.25) is 0 Å². The standard InChI is InChI=1S/C9H11N3O/c1-6-8(4-10-3)9(7(2)13)12-5-11-6/h4-5H,1-3H3. The lowest BCUT2D eigenvalue weighted by molar-refractivity contribution is 0.101. The van der Waals surface area contributed by atoms with E-state index in [0.29, 0.717) is 11.3 Å². The van der Waals surface area contributed by atoms with Crippen molar-refractivity contribution in [1.29, 1.82) is 0 Å². The fraction of sp³-hybridized carbons (Fsp3) is 0.333. The van der Waals surface area contributed by atoms with Crippen LogP contribution in [0.3, 0.4) is 0 Å². The Morgan fingerprint density at radius 2 is 2.23 bits per heavy atom. The highest BCUT2D eigenvalue weighted by atomic mass is 16.1. The quantitative estimate of drug-likeness (QED) is 0.501. The van der Waals surface area contributed by atoms with E-state index in [1.165, 1.54) is 13.3 Å². The number of ketones is 1. The summed E-state index contributed by atoms with van der Waals surface area (Å²) < 4.78 is 0. The molecule has 0 aliphatic rings. The maximum Gasteiger partial charge on any atom is 0.178 e. The summed E-state index contributed by atoms with van der Waals surface area (Å²) in [7, 11) is 1.65. The number of aliphatic imine (C=N–C) groups is 1. The number of rotatable bonds is 2. The van der Waals surface area contributed by atoms with Crippen LogP contribution >= 0.6 is 0 Å². The van der Waals surface area contributed by atoms with Crippen LogP contribution in [0, 0.1) is 6.92 Å². The zero-order valence-corrected chi connectivity index (χ0v) is 7.90. The first-order valence-corrected chi connectivity index (χ1v) is 3.91. The van der Waals surface area contributed by atoms with Gasteiger partial charge in [0.1, 0.15) is 12.0 Å². The molecule has 1 aromatic heterocycles. The number of aryl methyl sites for hydroxylation is 1. The molecule has 0 bridgehead atoms. The van der Waals surface area contributed by atoms with Crippen LogP contribution in [-0.4, -0.2) is 29.0 Å². The Bertz CT molecular complexity index is 358. The van der Waals surface area contributed by atoms with Gasteiger partial charge in [0.05, 0.1) is 5.69 Å². The second-order valence-corrected chi connectivity index (χ2v) is 2.66. The van der Waals surface area contributed by atoms with Gasteiger partial charge in [-0.25, -0.2) is 9.97 Å². The summed E-state index contributed by atoms with van der Waals surface area (Å²) in [5, 5.41) is 0. The summed E-state index contributed by atoms with van der Waals surface area (Å²) >= 11 is 0. The summed E-state index contributed by atoms with van der Waals surface area (Å²) in [5.74, 6) is -0.0691. The smallest absolute Gasteiger partial charge is 0.178 e. The Morgan fingerprint density at radius 1 is 1.54 bits per heavy atom. The molecule has 13 heavy (non-hydrogen) atoms. The van der Waals surface area contributed by atoms with E-state index in [0.717, 1.165) is 5.69 Å². The van der Waals surface area contributed by atoms with Crippen molar-refractivity contribution < 1.29 is 4.79 Å². The van der Waals surface area contributed by atoms with E-state index in [1.807, 2.05) is 6.92 Å². The van der Waals surface area contributed by atoms with Crippen molar-refractivity contribution in [3.63, 3.8) is 0 Å².